The molecular formula is C11H14N6O. The third kappa shape index (κ3) is 2.83. The van der Waals surface area contributed by atoms with E-state index in [1.165, 1.54) is 0 Å². The first-order valence-electron chi connectivity index (χ1n) is 5.48. The maximum absolute atomic E-state index is 11.9. The number of aromatic amines is 1. The number of H-pyrrole nitrogens is 1. The van der Waals surface area contributed by atoms with E-state index in [0.29, 0.717) is 24.3 Å². The van der Waals surface area contributed by atoms with Gasteiger partial charge in [-0.05, 0) is 12.1 Å². The molecule has 5 N–H and O–H groups in total. The molecule has 18 heavy (non-hydrogen) atoms. The highest BCUT2D eigenvalue weighted by atomic mass is 16.1. The zero-order chi connectivity index (χ0) is 12.8. The lowest BCUT2D eigenvalue weighted by atomic mass is 10.2. The molecule has 2 aromatic heterocycles. The van der Waals surface area contributed by atoms with Crippen molar-refractivity contribution in [3.63, 3.8) is 0 Å². The molecule has 2 rings (SSSR count). The number of hydrogen-bond donors (Lipinski definition) is 4. The summed E-state index contributed by atoms with van der Waals surface area (Å²) in [6, 6.07) is 3.35. The molecule has 2 heterocycles. The summed E-state index contributed by atoms with van der Waals surface area (Å²) in [5.74, 6) is 5.43. The van der Waals surface area contributed by atoms with Crippen LogP contribution in [0.3, 0.4) is 0 Å². The molecule has 0 spiro atoms. The van der Waals surface area contributed by atoms with Gasteiger partial charge >= 0.3 is 0 Å². The van der Waals surface area contributed by atoms with Crippen molar-refractivity contribution in [1.29, 1.82) is 0 Å². The van der Waals surface area contributed by atoms with Crippen molar-refractivity contribution in [2.45, 2.75) is 6.42 Å². The highest BCUT2D eigenvalue weighted by Crippen LogP contribution is 2.09. The van der Waals surface area contributed by atoms with E-state index in [-0.39, 0.29) is 5.91 Å². The van der Waals surface area contributed by atoms with Gasteiger partial charge in [0.05, 0.1) is 11.9 Å². The van der Waals surface area contributed by atoms with Gasteiger partial charge in [0.1, 0.15) is 0 Å². The van der Waals surface area contributed by atoms with Crippen molar-refractivity contribution < 1.29 is 4.79 Å². The lowest BCUT2D eigenvalue weighted by Gasteiger charge is -2.07. The fraction of sp³-hybridized carbons (Fsp3) is 0.182. The molecule has 0 radical (unpaired) electrons. The van der Waals surface area contributed by atoms with Crippen LogP contribution in [0, 0.1) is 0 Å². The first-order valence-corrected chi connectivity index (χ1v) is 5.48. The Balaban J connectivity index is 1.91. The highest BCUT2D eigenvalue weighted by Gasteiger charge is 2.10. The zero-order valence-corrected chi connectivity index (χ0v) is 9.68. The van der Waals surface area contributed by atoms with Crippen molar-refractivity contribution in [1.82, 2.24) is 20.3 Å². The van der Waals surface area contributed by atoms with Crippen molar-refractivity contribution in [2.75, 3.05) is 12.0 Å². The Bertz CT molecular complexity index is 510. The van der Waals surface area contributed by atoms with Gasteiger partial charge in [-0.15, -0.1) is 0 Å². The molecule has 7 nitrogen and oxygen atoms in total. The number of carbonyl (C=O) groups excluding carboxylic acids is 1. The largest absolute Gasteiger partial charge is 0.352 e. The van der Waals surface area contributed by atoms with E-state index in [0.717, 1.165) is 5.69 Å². The van der Waals surface area contributed by atoms with Crippen LogP contribution in [0.5, 0.6) is 0 Å². The molecular weight excluding hydrogens is 232 g/mol. The molecule has 0 saturated carbocycles. The molecule has 0 aromatic carbocycles. The van der Waals surface area contributed by atoms with E-state index in [1.54, 1.807) is 30.9 Å². The molecule has 0 fully saturated rings. The number of imidazole rings is 1. The number of nitrogens with two attached hydrogens (primary N) is 1. The number of pyridine rings is 1. The molecule has 0 unspecified atom stereocenters. The van der Waals surface area contributed by atoms with Gasteiger partial charge in [0, 0.05) is 31.1 Å². The number of nitrogen functional groups attached to an aromatic ring is 1. The van der Waals surface area contributed by atoms with Gasteiger partial charge in [-0.3, -0.25) is 4.79 Å². The number of carbonyl (C=O) groups is 1. The van der Waals surface area contributed by atoms with E-state index in [2.05, 4.69) is 25.7 Å². The Morgan fingerprint density at radius 1 is 1.50 bits per heavy atom. The Morgan fingerprint density at radius 2 is 2.39 bits per heavy atom. The van der Waals surface area contributed by atoms with Crippen LogP contribution in [-0.4, -0.2) is 27.4 Å². The Kier molecular flexibility index (Phi) is 3.87. The van der Waals surface area contributed by atoms with Crippen LogP contribution >= 0.6 is 0 Å². The van der Waals surface area contributed by atoms with Crippen LogP contribution in [0.15, 0.2) is 30.9 Å². The van der Waals surface area contributed by atoms with Gasteiger partial charge in [-0.2, -0.15) is 0 Å². The fourth-order valence-electron chi connectivity index (χ4n) is 1.53. The normalized spacial score (nSPS) is 10.1. The number of amides is 1. The molecule has 0 aliphatic carbocycles. The second-order valence-electron chi connectivity index (χ2n) is 3.63. The minimum absolute atomic E-state index is 0.212. The van der Waals surface area contributed by atoms with Crippen molar-refractivity contribution in [3.8, 4) is 0 Å². The number of hydrazine groups is 1. The Morgan fingerprint density at radius 3 is 3.11 bits per heavy atom. The summed E-state index contributed by atoms with van der Waals surface area (Å²) in [5.41, 5.74) is 3.78. The molecule has 0 saturated heterocycles. The van der Waals surface area contributed by atoms with Crippen LogP contribution < -0.4 is 16.6 Å². The molecule has 0 aliphatic rings. The number of anilines is 1. The van der Waals surface area contributed by atoms with Gasteiger partial charge < -0.3 is 15.7 Å². The van der Waals surface area contributed by atoms with Crippen molar-refractivity contribution in [2.24, 2.45) is 5.84 Å². The van der Waals surface area contributed by atoms with Crippen LogP contribution in [0.25, 0.3) is 0 Å². The molecule has 94 valence electrons. The summed E-state index contributed by atoms with van der Waals surface area (Å²) in [4.78, 5) is 22.7. The summed E-state index contributed by atoms with van der Waals surface area (Å²) >= 11 is 0. The minimum Gasteiger partial charge on any atom is -0.352 e. The predicted octanol–water partition coefficient (Wildman–Crippen LogP) is 0.0628. The van der Waals surface area contributed by atoms with Crippen molar-refractivity contribution >= 4 is 11.7 Å². The average molecular weight is 246 g/mol. The molecule has 0 atom stereocenters. The van der Waals surface area contributed by atoms with Gasteiger partial charge in [0.2, 0.25) is 0 Å². The smallest absolute Gasteiger partial charge is 0.255 e. The molecule has 2 aromatic rings. The first kappa shape index (κ1) is 12.1. The number of hydrogen-bond acceptors (Lipinski definition) is 5. The van der Waals surface area contributed by atoms with E-state index >= 15 is 0 Å². The van der Waals surface area contributed by atoms with Gasteiger partial charge in [0.15, 0.2) is 5.82 Å². The highest BCUT2D eigenvalue weighted by molar-refractivity contribution is 5.98. The van der Waals surface area contributed by atoms with Crippen molar-refractivity contribution in [3.05, 3.63) is 42.1 Å². The summed E-state index contributed by atoms with van der Waals surface area (Å²) in [7, 11) is 0. The topological polar surface area (TPSA) is 109 Å². The number of nitrogens with one attached hydrogen (secondary N) is 3. The minimum atomic E-state index is -0.212. The van der Waals surface area contributed by atoms with Crippen LogP contribution in [0.4, 0.5) is 5.82 Å². The molecule has 7 heteroatoms. The Hall–Kier alpha value is -2.41. The number of aromatic nitrogens is 3. The quantitative estimate of drug-likeness (QED) is 0.441. The maximum Gasteiger partial charge on any atom is 0.255 e. The average Bonchev–Trinajstić information content (AvgIpc) is 2.91. The SMILES string of the molecule is NNc1ncccc1C(=O)NCCc1cnc[nH]1. The van der Waals surface area contributed by atoms with E-state index < -0.39 is 0 Å². The first-order chi connectivity index (χ1) is 8.81. The van der Waals surface area contributed by atoms with Gasteiger partial charge in [0.25, 0.3) is 5.91 Å². The standard InChI is InChI=1S/C11H14N6O/c12-17-10-9(2-1-4-14-10)11(18)15-5-3-8-6-13-7-16-8/h1-2,4,6-7H,3,5,12H2,(H,13,16)(H,14,17)(H,15,18). The second-order valence-corrected chi connectivity index (χ2v) is 3.63. The fourth-order valence-corrected chi connectivity index (χ4v) is 1.53. The molecule has 0 bridgehead atoms. The molecule has 0 aliphatic heterocycles. The van der Waals surface area contributed by atoms with Gasteiger partial charge in [-0.25, -0.2) is 15.8 Å². The maximum atomic E-state index is 11.9. The summed E-state index contributed by atoms with van der Waals surface area (Å²) in [6.45, 7) is 0.514. The Labute approximate surface area is 104 Å². The zero-order valence-electron chi connectivity index (χ0n) is 9.68. The summed E-state index contributed by atoms with van der Waals surface area (Å²) < 4.78 is 0. The molecule has 1 amide bonds. The summed E-state index contributed by atoms with van der Waals surface area (Å²) in [5, 5.41) is 2.79. The third-order valence-electron chi connectivity index (χ3n) is 2.42. The second kappa shape index (κ2) is 5.78. The van der Waals surface area contributed by atoms with Crippen LogP contribution in [0.1, 0.15) is 16.1 Å². The van der Waals surface area contributed by atoms with Crippen LogP contribution in [-0.2, 0) is 6.42 Å². The lowest BCUT2D eigenvalue weighted by Crippen LogP contribution is -2.27. The predicted molar refractivity (Wildman–Crippen MR) is 66.7 cm³/mol. The number of nitrogens with zero attached hydrogens (tertiary/aromatic N) is 2. The van der Waals surface area contributed by atoms with Gasteiger partial charge in [-0.1, -0.05) is 0 Å². The van der Waals surface area contributed by atoms with Crippen LogP contribution in [0.2, 0.25) is 0 Å². The monoisotopic (exact) mass is 246 g/mol. The van der Waals surface area contributed by atoms with E-state index in [9.17, 15) is 4.79 Å². The van der Waals surface area contributed by atoms with E-state index in [1.807, 2.05) is 0 Å². The third-order valence-corrected chi connectivity index (χ3v) is 2.42. The van der Waals surface area contributed by atoms with E-state index in [4.69, 9.17) is 5.84 Å². The lowest BCUT2D eigenvalue weighted by molar-refractivity contribution is 0.0954. The summed E-state index contributed by atoms with van der Waals surface area (Å²) in [6.07, 6.45) is 5.59. The number of rotatable bonds is 5.